The van der Waals surface area contributed by atoms with Crippen LogP contribution in [0.4, 0.5) is 5.69 Å². The summed E-state index contributed by atoms with van der Waals surface area (Å²) < 4.78 is 7.05. The van der Waals surface area contributed by atoms with E-state index < -0.39 is 12.0 Å². The van der Waals surface area contributed by atoms with Crippen molar-refractivity contribution in [2.24, 2.45) is 0 Å². The molecule has 3 rings (SSSR count). The summed E-state index contributed by atoms with van der Waals surface area (Å²) in [4.78, 5) is 30.1. The van der Waals surface area contributed by atoms with Crippen LogP contribution in [0.1, 0.15) is 55.1 Å². The SMILES string of the molecule is CCCCCCn1cnc(CNc2ccc(C(=O)N[C@@H](CCSC)C(=O)OC)c(-c3ccccc3)c2)c1. The maximum absolute atomic E-state index is 13.3. The number of amides is 1. The van der Waals surface area contributed by atoms with E-state index in [-0.39, 0.29) is 5.91 Å². The van der Waals surface area contributed by atoms with Gasteiger partial charge in [0.05, 0.1) is 25.7 Å². The molecule has 1 heterocycles. The van der Waals surface area contributed by atoms with E-state index in [2.05, 4.69) is 33.3 Å². The first-order valence-corrected chi connectivity index (χ1v) is 14.3. The highest BCUT2D eigenvalue weighted by molar-refractivity contribution is 7.98. The fourth-order valence-electron chi connectivity index (χ4n) is 4.11. The number of rotatable bonds is 15. The van der Waals surface area contributed by atoms with Crippen LogP contribution in [0.2, 0.25) is 0 Å². The van der Waals surface area contributed by atoms with Crippen molar-refractivity contribution in [3.63, 3.8) is 0 Å². The van der Waals surface area contributed by atoms with Crippen molar-refractivity contribution in [2.45, 2.75) is 58.2 Å². The number of aromatic nitrogens is 2. The smallest absolute Gasteiger partial charge is 0.328 e. The number of anilines is 1. The third-order valence-electron chi connectivity index (χ3n) is 6.18. The fourth-order valence-corrected chi connectivity index (χ4v) is 4.58. The van der Waals surface area contributed by atoms with Crippen LogP contribution in [-0.4, -0.2) is 46.6 Å². The molecule has 0 aliphatic heterocycles. The minimum absolute atomic E-state index is 0.302. The number of aryl methyl sites for hydroxylation is 1. The van der Waals surface area contributed by atoms with E-state index >= 15 is 0 Å². The van der Waals surface area contributed by atoms with Gasteiger partial charge in [-0.1, -0.05) is 56.5 Å². The Labute approximate surface area is 224 Å². The molecule has 2 aromatic carbocycles. The number of carbonyl (C=O) groups excluding carboxylic acids is 2. The van der Waals surface area contributed by atoms with Crippen LogP contribution < -0.4 is 10.6 Å². The molecule has 0 saturated carbocycles. The lowest BCUT2D eigenvalue weighted by Crippen LogP contribution is -2.42. The van der Waals surface area contributed by atoms with E-state index in [4.69, 9.17) is 4.74 Å². The van der Waals surface area contributed by atoms with Crippen LogP contribution >= 0.6 is 11.8 Å². The topological polar surface area (TPSA) is 85.3 Å². The summed E-state index contributed by atoms with van der Waals surface area (Å²) >= 11 is 1.62. The van der Waals surface area contributed by atoms with Crippen LogP contribution in [0, 0.1) is 0 Å². The molecule has 0 spiro atoms. The second kappa shape index (κ2) is 15.1. The monoisotopic (exact) mass is 522 g/mol. The number of methoxy groups -OCH3 is 1. The summed E-state index contributed by atoms with van der Waals surface area (Å²) in [5.41, 5.74) is 4.07. The molecule has 0 aliphatic rings. The largest absolute Gasteiger partial charge is 0.467 e. The molecule has 1 amide bonds. The Balaban J connectivity index is 1.75. The number of imidazole rings is 1. The molecule has 7 nitrogen and oxygen atoms in total. The van der Waals surface area contributed by atoms with Gasteiger partial charge in [-0.25, -0.2) is 9.78 Å². The summed E-state index contributed by atoms with van der Waals surface area (Å²) in [5, 5.41) is 6.31. The molecule has 8 heteroatoms. The van der Waals surface area contributed by atoms with Crippen LogP contribution in [-0.2, 0) is 22.6 Å². The maximum Gasteiger partial charge on any atom is 0.328 e. The number of hydrogen-bond acceptors (Lipinski definition) is 6. The number of carbonyl (C=O) groups is 2. The van der Waals surface area contributed by atoms with Gasteiger partial charge in [0.1, 0.15) is 6.04 Å². The first kappa shape index (κ1) is 28.3. The molecule has 2 N–H and O–H groups in total. The third-order valence-corrected chi connectivity index (χ3v) is 6.82. The van der Waals surface area contributed by atoms with Crippen molar-refractivity contribution < 1.29 is 14.3 Å². The zero-order valence-electron chi connectivity index (χ0n) is 22.0. The molecule has 3 aromatic rings. The van der Waals surface area contributed by atoms with E-state index in [1.54, 1.807) is 17.8 Å². The summed E-state index contributed by atoms with van der Waals surface area (Å²) in [6.07, 6.45) is 11.3. The second-order valence-electron chi connectivity index (χ2n) is 8.97. The standard InChI is InChI=1S/C29H38N4O3S/c1-4-5-6-10-16-33-20-24(31-21-33)19-30-23-13-14-25(26(18-23)22-11-8-7-9-12-22)28(34)32-27(15-17-37-3)29(35)36-2/h7-9,11-14,18,20-21,27,30H,4-6,10,15-17,19H2,1-3H3,(H,32,34)/t27-/m0/s1. The summed E-state index contributed by atoms with van der Waals surface area (Å²) in [7, 11) is 1.34. The van der Waals surface area contributed by atoms with Crippen molar-refractivity contribution in [2.75, 3.05) is 24.4 Å². The zero-order valence-corrected chi connectivity index (χ0v) is 22.9. The summed E-state index contributed by atoms with van der Waals surface area (Å²) in [5.74, 6) is -0.00127. The molecule has 1 aromatic heterocycles. The van der Waals surface area contributed by atoms with Crippen molar-refractivity contribution in [3.8, 4) is 11.1 Å². The molecule has 0 unspecified atom stereocenters. The molecular formula is C29H38N4O3S. The van der Waals surface area contributed by atoms with Crippen LogP contribution in [0.5, 0.6) is 0 Å². The molecule has 0 radical (unpaired) electrons. The number of unbranched alkanes of at least 4 members (excludes halogenated alkanes) is 3. The Morgan fingerprint density at radius 1 is 1.11 bits per heavy atom. The van der Waals surface area contributed by atoms with Gasteiger partial charge in [-0.15, -0.1) is 0 Å². The van der Waals surface area contributed by atoms with Crippen LogP contribution in [0.3, 0.4) is 0 Å². The van der Waals surface area contributed by atoms with Crippen LogP contribution in [0.15, 0.2) is 61.1 Å². The Morgan fingerprint density at radius 3 is 2.65 bits per heavy atom. The van der Waals surface area contributed by atoms with E-state index in [1.165, 1.54) is 26.4 Å². The number of esters is 1. The number of nitrogens with zero attached hydrogens (tertiary/aromatic N) is 2. The second-order valence-corrected chi connectivity index (χ2v) is 9.96. The first-order valence-electron chi connectivity index (χ1n) is 12.9. The fraction of sp³-hybridized carbons (Fsp3) is 0.414. The number of nitrogens with one attached hydrogen (secondary N) is 2. The van der Waals surface area contributed by atoms with Gasteiger partial charge >= 0.3 is 5.97 Å². The Bertz CT molecular complexity index is 1130. The van der Waals surface area contributed by atoms with Gasteiger partial charge in [-0.05, 0) is 54.2 Å². The Hall–Kier alpha value is -3.26. The van der Waals surface area contributed by atoms with Crippen LogP contribution in [0.25, 0.3) is 11.1 Å². The molecular weight excluding hydrogens is 484 g/mol. The quantitative estimate of drug-likeness (QED) is 0.195. The minimum atomic E-state index is -0.691. The van der Waals surface area contributed by atoms with Gasteiger partial charge in [-0.2, -0.15) is 11.8 Å². The number of ether oxygens (including phenoxy) is 1. The lowest BCUT2D eigenvalue weighted by atomic mass is 9.98. The van der Waals surface area contributed by atoms with Crippen molar-refractivity contribution in [1.82, 2.24) is 14.9 Å². The lowest BCUT2D eigenvalue weighted by molar-refractivity contribution is -0.142. The van der Waals surface area contributed by atoms with E-state index in [9.17, 15) is 9.59 Å². The highest BCUT2D eigenvalue weighted by Crippen LogP contribution is 2.27. The lowest BCUT2D eigenvalue weighted by Gasteiger charge is -2.18. The van der Waals surface area contributed by atoms with Gasteiger partial charge < -0.3 is 19.9 Å². The van der Waals surface area contributed by atoms with Gasteiger partial charge in [0.15, 0.2) is 0 Å². The first-order chi connectivity index (χ1) is 18.0. The maximum atomic E-state index is 13.3. The number of hydrogen-bond donors (Lipinski definition) is 2. The van der Waals surface area contributed by atoms with Gasteiger partial charge in [-0.3, -0.25) is 4.79 Å². The van der Waals surface area contributed by atoms with Gasteiger partial charge in [0, 0.05) is 24.0 Å². The Kier molecular flexibility index (Phi) is 11.6. The highest BCUT2D eigenvalue weighted by atomic mass is 32.2. The summed E-state index contributed by atoms with van der Waals surface area (Å²) in [6, 6.07) is 14.8. The molecule has 0 saturated heterocycles. The molecule has 0 aliphatic carbocycles. The Morgan fingerprint density at radius 2 is 1.92 bits per heavy atom. The van der Waals surface area contributed by atoms with E-state index in [0.717, 1.165) is 41.2 Å². The van der Waals surface area contributed by atoms with Crippen molar-refractivity contribution in [3.05, 3.63) is 72.3 Å². The van der Waals surface area contributed by atoms with Crippen molar-refractivity contribution in [1.29, 1.82) is 0 Å². The predicted molar refractivity (Wildman–Crippen MR) is 152 cm³/mol. The highest BCUT2D eigenvalue weighted by Gasteiger charge is 2.23. The van der Waals surface area contributed by atoms with Gasteiger partial charge in [0.2, 0.25) is 0 Å². The van der Waals surface area contributed by atoms with E-state index in [0.29, 0.717) is 18.5 Å². The number of thioether (sulfide) groups is 1. The van der Waals surface area contributed by atoms with Gasteiger partial charge in [0.25, 0.3) is 5.91 Å². The predicted octanol–water partition coefficient (Wildman–Crippen LogP) is 5.77. The third kappa shape index (κ3) is 8.67. The molecule has 37 heavy (non-hydrogen) atoms. The van der Waals surface area contributed by atoms with Crippen molar-refractivity contribution >= 4 is 29.3 Å². The summed E-state index contributed by atoms with van der Waals surface area (Å²) in [6.45, 7) is 3.79. The number of benzene rings is 2. The molecule has 0 bridgehead atoms. The zero-order chi connectivity index (χ0) is 26.5. The van der Waals surface area contributed by atoms with E-state index in [1.807, 2.05) is 55.0 Å². The molecule has 1 atom stereocenters. The normalized spacial score (nSPS) is 11.6. The average Bonchev–Trinajstić information content (AvgIpc) is 3.39. The minimum Gasteiger partial charge on any atom is -0.467 e. The molecule has 0 fully saturated rings. The molecule has 198 valence electrons. The average molecular weight is 523 g/mol.